The van der Waals surface area contributed by atoms with Crippen molar-refractivity contribution in [3.05, 3.63) is 43.2 Å². The summed E-state index contributed by atoms with van der Waals surface area (Å²) in [4.78, 5) is 14.1. The Kier molecular flexibility index (Phi) is 3.17. The van der Waals surface area contributed by atoms with Gasteiger partial charge in [-0.25, -0.2) is 0 Å². The summed E-state index contributed by atoms with van der Waals surface area (Å²) in [5.74, 6) is 0.216. The maximum atomic E-state index is 12.1. The van der Waals surface area contributed by atoms with Crippen molar-refractivity contribution in [1.82, 2.24) is 0 Å². The summed E-state index contributed by atoms with van der Waals surface area (Å²) in [5.41, 5.74) is 0. The van der Waals surface area contributed by atoms with E-state index in [1.165, 1.54) is 9.40 Å². The molecule has 0 bridgehead atoms. The Hall–Kier alpha value is -0.490. The van der Waals surface area contributed by atoms with Gasteiger partial charge in [-0.3, -0.25) is 4.79 Å². The minimum atomic E-state index is 0.216. The Bertz CT molecular complexity index is 648. The summed E-state index contributed by atoms with van der Waals surface area (Å²) >= 11 is 8.32. The average molecular weight is 343 g/mol. The topological polar surface area (TPSA) is 17.1 Å². The first-order valence-electron chi connectivity index (χ1n) is 4.97. The van der Waals surface area contributed by atoms with Crippen LogP contribution < -0.4 is 0 Å². The van der Waals surface area contributed by atoms with E-state index in [-0.39, 0.29) is 5.78 Å². The fourth-order valence-electron chi connectivity index (χ4n) is 1.60. The molecule has 3 aromatic rings. The van der Waals surface area contributed by atoms with Crippen LogP contribution in [0.2, 0.25) is 0 Å². The lowest BCUT2D eigenvalue weighted by Gasteiger charge is -1.93. The monoisotopic (exact) mass is 342 g/mol. The molecule has 5 heteroatoms. The van der Waals surface area contributed by atoms with E-state index in [0.717, 1.165) is 13.5 Å². The summed E-state index contributed by atoms with van der Waals surface area (Å²) in [6.07, 6.45) is 0.504. The SMILES string of the molecule is O=C(Cc1ccc(Br)s1)c1cc2sccc2s1. The maximum absolute atomic E-state index is 12.1. The van der Waals surface area contributed by atoms with Gasteiger partial charge in [-0.2, -0.15) is 0 Å². The zero-order chi connectivity index (χ0) is 11.8. The normalized spacial score (nSPS) is 11.1. The van der Waals surface area contributed by atoms with Gasteiger partial charge in [0.15, 0.2) is 5.78 Å². The zero-order valence-electron chi connectivity index (χ0n) is 8.60. The van der Waals surface area contributed by atoms with Gasteiger partial charge in [0.2, 0.25) is 0 Å². The molecule has 86 valence electrons. The fraction of sp³-hybridized carbons (Fsp3) is 0.0833. The predicted molar refractivity (Wildman–Crippen MR) is 79.8 cm³/mol. The second-order valence-corrected chi connectivity index (χ2v) is 8.14. The number of fused-ring (bicyclic) bond motifs is 1. The van der Waals surface area contributed by atoms with Crippen LogP contribution >= 0.6 is 49.9 Å². The number of hydrogen-bond acceptors (Lipinski definition) is 4. The molecule has 0 saturated heterocycles. The summed E-state index contributed by atoms with van der Waals surface area (Å²) in [6.45, 7) is 0. The maximum Gasteiger partial charge on any atom is 0.178 e. The number of ketones is 1. The molecule has 1 nitrogen and oxygen atoms in total. The van der Waals surface area contributed by atoms with Crippen LogP contribution in [0.1, 0.15) is 14.5 Å². The van der Waals surface area contributed by atoms with E-state index in [1.54, 1.807) is 34.0 Å². The molecule has 0 fully saturated rings. The van der Waals surface area contributed by atoms with Crippen molar-refractivity contribution < 1.29 is 4.79 Å². The molecule has 3 rings (SSSR count). The third kappa shape index (κ3) is 2.38. The first-order valence-corrected chi connectivity index (χ1v) is 8.27. The Morgan fingerprint density at radius 1 is 1.18 bits per heavy atom. The molecule has 0 unspecified atom stereocenters. The van der Waals surface area contributed by atoms with E-state index in [1.807, 2.05) is 18.2 Å². The minimum Gasteiger partial charge on any atom is -0.293 e. The summed E-state index contributed by atoms with van der Waals surface area (Å²) < 4.78 is 3.50. The van der Waals surface area contributed by atoms with Crippen molar-refractivity contribution in [1.29, 1.82) is 0 Å². The van der Waals surface area contributed by atoms with Crippen molar-refractivity contribution in [2.75, 3.05) is 0 Å². The zero-order valence-corrected chi connectivity index (χ0v) is 12.6. The van der Waals surface area contributed by atoms with Crippen molar-refractivity contribution in [2.24, 2.45) is 0 Å². The molecule has 0 aliphatic carbocycles. The number of rotatable bonds is 3. The van der Waals surface area contributed by atoms with Gasteiger partial charge >= 0.3 is 0 Å². The van der Waals surface area contributed by atoms with Crippen LogP contribution in [-0.2, 0) is 6.42 Å². The van der Waals surface area contributed by atoms with Crippen LogP contribution in [0.3, 0.4) is 0 Å². The van der Waals surface area contributed by atoms with Gasteiger partial charge in [-0.1, -0.05) is 0 Å². The molecule has 3 aromatic heterocycles. The number of halogens is 1. The molecule has 0 atom stereocenters. The molecule has 0 aliphatic heterocycles. The summed E-state index contributed by atoms with van der Waals surface area (Å²) in [5, 5.41) is 2.06. The number of thiophene rings is 3. The van der Waals surface area contributed by atoms with Crippen molar-refractivity contribution in [2.45, 2.75) is 6.42 Å². The first-order chi connectivity index (χ1) is 8.22. The number of carbonyl (C=O) groups is 1. The molecule has 0 amide bonds. The van der Waals surface area contributed by atoms with Gasteiger partial charge in [-0.05, 0) is 45.6 Å². The molecular weight excluding hydrogens is 336 g/mol. The fourth-order valence-corrected chi connectivity index (χ4v) is 5.12. The molecule has 0 spiro atoms. The first kappa shape index (κ1) is 11.6. The number of carbonyl (C=O) groups excluding carboxylic acids is 1. The Labute approximate surface area is 119 Å². The summed E-state index contributed by atoms with van der Waals surface area (Å²) in [7, 11) is 0. The van der Waals surface area contributed by atoms with E-state index in [0.29, 0.717) is 6.42 Å². The third-order valence-electron chi connectivity index (χ3n) is 2.38. The highest BCUT2D eigenvalue weighted by atomic mass is 79.9. The van der Waals surface area contributed by atoms with Crippen LogP contribution in [-0.4, -0.2) is 5.78 Å². The van der Waals surface area contributed by atoms with Crippen LogP contribution in [0.5, 0.6) is 0 Å². The summed E-state index contributed by atoms with van der Waals surface area (Å²) in [6, 6.07) is 8.07. The predicted octanol–water partition coefficient (Wildman–Crippen LogP) is 5.21. The number of Topliss-reactive ketones (excluding diaryl/α,β-unsaturated/α-hetero) is 1. The molecule has 0 aromatic carbocycles. The van der Waals surface area contributed by atoms with Gasteiger partial charge < -0.3 is 0 Å². The lowest BCUT2D eigenvalue weighted by atomic mass is 10.2. The Balaban J connectivity index is 1.84. The third-order valence-corrected chi connectivity index (χ3v) is 6.14. The molecule has 17 heavy (non-hydrogen) atoms. The standard InChI is InChI=1S/C12H7BrOS3/c13-12-2-1-7(16-12)5-8(14)10-6-11-9(17-10)3-4-15-11/h1-4,6H,5H2. The highest BCUT2D eigenvalue weighted by Crippen LogP contribution is 2.31. The lowest BCUT2D eigenvalue weighted by Crippen LogP contribution is -1.98. The van der Waals surface area contributed by atoms with Crippen LogP contribution in [0, 0.1) is 0 Å². The van der Waals surface area contributed by atoms with Crippen LogP contribution in [0.15, 0.2) is 33.4 Å². The molecular formula is C12H7BrOS3. The van der Waals surface area contributed by atoms with Crippen molar-refractivity contribution in [3.63, 3.8) is 0 Å². The van der Waals surface area contributed by atoms with E-state index in [2.05, 4.69) is 27.4 Å². The van der Waals surface area contributed by atoms with E-state index in [9.17, 15) is 4.79 Å². The quantitative estimate of drug-likeness (QED) is 0.597. The van der Waals surface area contributed by atoms with E-state index >= 15 is 0 Å². The van der Waals surface area contributed by atoms with Gasteiger partial charge in [-0.15, -0.1) is 34.0 Å². The second kappa shape index (κ2) is 4.65. The smallest absolute Gasteiger partial charge is 0.178 e. The number of hydrogen-bond donors (Lipinski definition) is 0. The van der Waals surface area contributed by atoms with E-state index < -0.39 is 0 Å². The molecule has 3 heterocycles. The highest BCUT2D eigenvalue weighted by Gasteiger charge is 2.12. The second-order valence-electron chi connectivity index (χ2n) is 3.57. The van der Waals surface area contributed by atoms with Crippen molar-refractivity contribution >= 4 is 65.1 Å². The van der Waals surface area contributed by atoms with Crippen LogP contribution in [0.25, 0.3) is 9.40 Å². The van der Waals surface area contributed by atoms with Gasteiger partial charge in [0, 0.05) is 20.7 Å². The molecule has 0 radical (unpaired) electrons. The Morgan fingerprint density at radius 3 is 2.76 bits per heavy atom. The highest BCUT2D eigenvalue weighted by molar-refractivity contribution is 9.11. The molecule has 0 saturated carbocycles. The van der Waals surface area contributed by atoms with Crippen LogP contribution in [0.4, 0.5) is 0 Å². The van der Waals surface area contributed by atoms with E-state index in [4.69, 9.17) is 0 Å². The lowest BCUT2D eigenvalue weighted by molar-refractivity contribution is 0.0998. The van der Waals surface area contributed by atoms with Gasteiger partial charge in [0.25, 0.3) is 0 Å². The molecule has 0 aliphatic rings. The minimum absolute atomic E-state index is 0.216. The largest absolute Gasteiger partial charge is 0.293 e. The molecule has 0 N–H and O–H groups in total. The van der Waals surface area contributed by atoms with Gasteiger partial charge in [0.1, 0.15) is 0 Å². The average Bonchev–Trinajstić information content (AvgIpc) is 2.92. The van der Waals surface area contributed by atoms with Gasteiger partial charge in [0.05, 0.1) is 8.66 Å². The Morgan fingerprint density at radius 2 is 2.06 bits per heavy atom. The van der Waals surface area contributed by atoms with Crippen molar-refractivity contribution in [3.8, 4) is 0 Å².